The van der Waals surface area contributed by atoms with Gasteiger partial charge in [0, 0.05) is 18.8 Å². The third-order valence-electron chi connectivity index (χ3n) is 1.78. The quantitative estimate of drug-likeness (QED) is 0.493. The highest BCUT2D eigenvalue weighted by Crippen LogP contribution is 2.12. The Bertz CT molecular complexity index is 127. The molecule has 1 fully saturated rings. The van der Waals surface area contributed by atoms with Crippen molar-refractivity contribution in [2.45, 2.75) is 19.4 Å². The first kappa shape index (κ1) is 6.62. The van der Waals surface area contributed by atoms with E-state index in [2.05, 4.69) is 31.1 Å². The number of hydrogen-bond donors (Lipinski definition) is 2. The first-order valence-electron chi connectivity index (χ1n) is 3.31. The minimum absolute atomic E-state index is 0.0816. The van der Waals surface area contributed by atoms with Crippen LogP contribution < -0.4 is 10.6 Å². The average molecular weight is 126 g/mol. The highest BCUT2D eigenvalue weighted by atomic mass is 15.1. The molecule has 1 aliphatic heterocycles. The minimum Gasteiger partial charge on any atom is -0.386 e. The zero-order valence-corrected chi connectivity index (χ0v) is 6.12. The number of piperazine rings is 1. The summed E-state index contributed by atoms with van der Waals surface area (Å²) in [5.74, 6) is 0. The molecule has 0 aliphatic carbocycles. The van der Waals surface area contributed by atoms with Crippen molar-refractivity contribution in [3.63, 3.8) is 0 Å². The third kappa shape index (κ3) is 1.24. The molecule has 0 amide bonds. The Hall–Kier alpha value is -0.500. The first-order valence-corrected chi connectivity index (χ1v) is 3.31. The molecule has 1 rings (SSSR count). The first-order chi connectivity index (χ1) is 4.13. The lowest BCUT2D eigenvalue weighted by Crippen LogP contribution is -2.52. The molecular formula is C7H14N2. The SMILES string of the molecule is C=C1NCCNC1(C)C. The summed E-state index contributed by atoms with van der Waals surface area (Å²) in [6.07, 6.45) is 0. The van der Waals surface area contributed by atoms with E-state index in [9.17, 15) is 0 Å². The Morgan fingerprint density at radius 1 is 1.44 bits per heavy atom. The largest absolute Gasteiger partial charge is 0.386 e. The van der Waals surface area contributed by atoms with Crippen molar-refractivity contribution in [1.82, 2.24) is 10.6 Å². The van der Waals surface area contributed by atoms with Crippen LogP contribution in [-0.2, 0) is 0 Å². The lowest BCUT2D eigenvalue weighted by Gasteiger charge is -2.34. The molecule has 0 bridgehead atoms. The van der Waals surface area contributed by atoms with Crippen LogP contribution in [-0.4, -0.2) is 18.6 Å². The van der Waals surface area contributed by atoms with Gasteiger partial charge in [0.15, 0.2) is 0 Å². The van der Waals surface area contributed by atoms with Crippen LogP contribution in [0.25, 0.3) is 0 Å². The molecule has 0 unspecified atom stereocenters. The number of hydrogen-bond acceptors (Lipinski definition) is 2. The Labute approximate surface area is 56.3 Å². The maximum absolute atomic E-state index is 3.89. The molecular weight excluding hydrogens is 112 g/mol. The summed E-state index contributed by atoms with van der Waals surface area (Å²) in [6, 6.07) is 0. The normalized spacial score (nSPS) is 25.3. The van der Waals surface area contributed by atoms with E-state index in [1.54, 1.807) is 0 Å². The molecule has 0 aromatic carbocycles. The van der Waals surface area contributed by atoms with Gasteiger partial charge in [-0.05, 0) is 13.8 Å². The fourth-order valence-corrected chi connectivity index (χ4v) is 0.916. The van der Waals surface area contributed by atoms with E-state index >= 15 is 0 Å². The van der Waals surface area contributed by atoms with Gasteiger partial charge in [-0.25, -0.2) is 0 Å². The fourth-order valence-electron chi connectivity index (χ4n) is 0.916. The van der Waals surface area contributed by atoms with E-state index in [1.165, 1.54) is 0 Å². The lowest BCUT2D eigenvalue weighted by molar-refractivity contribution is 0.385. The van der Waals surface area contributed by atoms with Crippen molar-refractivity contribution in [2.24, 2.45) is 0 Å². The monoisotopic (exact) mass is 126 g/mol. The van der Waals surface area contributed by atoms with Crippen molar-refractivity contribution in [3.05, 3.63) is 12.3 Å². The van der Waals surface area contributed by atoms with Crippen LogP contribution in [0, 0.1) is 0 Å². The van der Waals surface area contributed by atoms with Crippen molar-refractivity contribution in [1.29, 1.82) is 0 Å². The Balaban J connectivity index is 2.60. The van der Waals surface area contributed by atoms with Gasteiger partial charge < -0.3 is 10.6 Å². The topological polar surface area (TPSA) is 24.1 Å². The van der Waals surface area contributed by atoms with Crippen LogP contribution >= 0.6 is 0 Å². The molecule has 0 radical (unpaired) electrons. The van der Waals surface area contributed by atoms with E-state index in [1.807, 2.05) is 0 Å². The summed E-state index contributed by atoms with van der Waals surface area (Å²) in [7, 11) is 0. The van der Waals surface area contributed by atoms with Gasteiger partial charge in [0.1, 0.15) is 0 Å². The molecule has 0 atom stereocenters. The Morgan fingerprint density at radius 3 is 2.44 bits per heavy atom. The van der Waals surface area contributed by atoms with Crippen LogP contribution in [0.1, 0.15) is 13.8 Å². The predicted molar refractivity (Wildman–Crippen MR) is 39.2 cm³/mol. The number of nitrogens with one attached hydrogen (secondary N) is 2. The third-order valence-corrected chi connectivity index (χ3v) is 1.78. The second-order valence-electron chi connectivity index (χ2n) is 2.96. The summed E-state index contributed by atoms with van der Waals surface area (Å²) in [6.45, 7) is 10.2. The lowest BCUT2D eigenvalue weighted by atomic mass is 10.00. The van der Waals surface area contributed by atoms with Gasteiger partial charge in [-0.1, -0.05) is 6.58 Å². The molecule has 2 N–H and O–H groups in total. The van der Waals surface area contributed by atoms with E-state index in [-0.39, 0.29) is 5.54 Å². The van der Waals surface area contributed by atoms with Crippen LogP contribution in [0.2, 0.25) is 0 Å². The highest BCUT2D eigenvalue weighted by molar-refractivity contribution is 5.13. The van der Waals surface area contributed by atoms with Gasteiger partial charge in [0.25, 0.3) is 0 Å². The van der Waals surface area contributed by atoms with Crippen LogP contribution in [0.15, 0.2) is 12.3 Å². The molecule has 1 saturated heterocycles. The fraction of sp³-hybridized carbons (Fsp3) is 0.714. The Morgan fingerprint density at radius 2 is 2.11 bits per heavy atom. The molecule has 52 valence electrons. The summed E-state index contributed by atoms with van der Waals surface area (Å²) in [5, 5.41) is 6.56. The maximum Gasteiger partial charge on any atom is 0.0520 e. The maximum atomic E-state index is 3.89. The van der Waals surface area contributed by atoms with Crippen LogP contribution in [0.5, 0.6) is 0 Å². The molecule has 2 heteroatoms. The van der Waals surface area contributed by atoms with Gasteiger partial charge in [0.05, 0.1) is 5.54 Å². The zero-order valence-electron chi connectivity index (χ0n) is 6.12. The second kappa shape index (κ2) is 2.03. The minimum atomic E-state index is 0.0816. The summed E-state index contributed by atoms with van der Waals surface area (Å²) in [4.78, 5) is 0. The molecule has 2 nitrogen and oxygen atoms in total. The second-order valence-corrected chi connectivity index (χ2v) is 2.96. The molecule has 1 aliphatic rings. The van der Waals surface area contributed by atoms with Gasteiger partial charge in [-0.15, -0.1) is 0 Å². The molecule has 0 saturated carbocycles. The van der Waals surface area contributed by atoms with Gasteiger partial charge in [0.2, 0.25) is 0 Å². The molecule has 0 aromatic rings. The van der Waals surface area contributed by atoms with E-state index in [0.717, 1.165) is 18.8 Å². The van der Waals surface area contributed by atoms with Crippen molar-refractivity contribution in [3.8, 4) is 0 Å². The van der Waals surface area contributed by atoms with Crippen LogP contribution in [0.3, 0.4) is 0 Å². The van der Waals surface area contributed by atoms with E-state index in [4.69, 9.17) is 0 Å². The predicted octanol–water partition coefficient (Wildman–Crippen LogP) is 0.471. The molecule has 0 spiro atoms. The zero-order chi connectivity index (χ0) is 6.91. The highest BCUT2D eigenvalue weighted by Gasteiger charge is 2.23. The Kier molecular flexibility index (Phi) is 1.49. The van der Waals surface area contributed by atoms with Crippen molar-refractivity contribution < 1.29 is 0 Å². The average Bonchev–Trinajstić information content (AvgIpc) is 1.77. The smallest absolute Gasteiger partial charge is 0.0520 e. The molecule has 9 heavy (non-hydrogen) atoms. The summed E-state index contributed by atoms with van der Waals surface area (Å²) < 4.78 is 0. The van der Waals surface area contributed by atoms with Crippen molar-refractivity contribution >= 4 is 0 Å². The van der Waals surface area contributed by atoms with Gasteiger partial charge in [-0.3, -0.25) is 0 Å². The van der Waals surface area contributed by atoms with Gasteiger partial charge in [-0.2, -0.15) is 0 Å². The molecule has 0 aromatic heterocycles. The van der Waals surface area contributed by atoms with E-state index in [0.29, 0.717) is 0 Å². The summed E-state index contributed by atoms with van der Waals surface area (Å²) >= 11 is 0. The standard InChI is InChI=1S/C7H14N2/c1-6-7(2,3)9-5-4-8-6/h8-9H,1,4-5H2,2-3H3. The number of rotatable bonds is 0. The van der Waals surface area contributed by atoms with Gasteiger partial charge >= 0.3 is 0 Å². The molecule has 1 heterocycles. The summed E-state index contributed by atoms with van der Waals surface area (Å²) in [5.41, 5.74) is 1.17. The van der Waals surface area contributed by atoms with E-state index < -0.39 is 0 Å². The van der Waals surface area contributed by atoms with Crippen molar-refractivity contribution in [2.75, 3.05) is 13.1 Å². The van der Waals surface area contributed by atoms with Crippen LogP contribution in [0.4, 0.5) is 0 Å².